The van der Waals surface area contributed by atoms with Crippen LogP contribution >= 0.6 is 0 Å². The van der Waals surface area contributed by atoms with Gasteiger partial charge in [0.2, 0.25) is 0 Å². The summed E-state index contributed by atoms with van der Waals surface area (Å²) in [5.41, 5.74) is 7.90. The third-order valence-electron chi connectivity index (χ3n) is 10.8. The summed E-state index contributed by atoms with van der Waals surface area (Å²) in [6.45, 7) is 15.6. The Balaban J connectivity index is 0.000000168. The molecule has 2 saturated heterocycles. The molecule has 42 heavy (non-hydrogen) atoms. The minimum absolute atomic E-state index is 0.0257. The van der Waals surface area contributed by atoms with Gasteiger partial charge in [0, 0.05) is 51.4 Å². The van der Waals surface area contributed by atoms with Crippen LogP contribution in [0.3, 0.4) is 0 Å². The fourth-order valence-corrected chi connectivity index (χ4v) is 7.64. The van der Waals surface area contributed by atoms with Crippen LogP contribution in [-0.2, 0) is 9.47 Å². The molecule has 6 atom stereocenters. The summed E-state index contributed by atoms with van der Waals surface area (Å²) in [4.78, 5) is 4.27. The van der Waals surface area contributed by atoms with E-state index >= 15 is 0 Å². The van der Waals surface area contributed by atoms with E-state index in [4.69, 9.17) is 9.47 Å². The molecule has 4 aliphatic rings. The smallest absolute Gasteiger partial charge is 0.0897 e. The molecule has 1 saturated carbocycles. The zero-order chi connectivity index (χ0) is 30.4. The zero-order valence-corrected chi connectivity index (χ0v) is 27.6. The standard InChI is InChI=1S/2C19H27NO/c2*1-13-6-9-15-12-17(13)18(21-19(15,2)3)14-7-10-16(11-8-14)20(4)5/h6-8,10-11,15,17-18H,9,12H2,1-5H3;7-8,10-11,15,17-18H,1,6,9,12H2,2-5H3/t2*15-,17+,18?/m11/s1. The maximum Gasteiger partial charge on any atom is 0.0897 e. The highest BCUT2D eigenvalue weighted by Gasteiger charge is 2.47. The molecule has 2 aliphatic carbocycles. The molecule has 3 fully saturated rings. The highest BCUT2D eigenvalue weighted by atomic mass is 16.5. The average Bonchev–Trinajstić information content (AvgIpc) is 2.95. The van der Waals surface area contributed by atoms with Gasteiger partial charge in [0.15, 0.2) is 0 Å². The quantitative estimate of drug-likeness (QED) is 0.342. The van der Waals surface area contributed by atoms with Gasteiger partial charge in [0.05, 0.1) is 23.4 Å². The van der Waals surface area contributed by atoms with Crippen molar-refractivity contribution in [2.75, 3.05) is 38.0 Å². The second kappa shape index (κ2) is 11.8. The van der Waals surface area contributed by atoms with Crippen molar-refractivity contribution in [3.05, 3.63) is 83.5 Å². The van der Waals surface area contributed by atoms with E-state index in [2.05, 4.69) is 134 Å². The molecule has 4 heteroatoms. The fourth-order valence-electron chi connectivity index (χ4n) is 7.64. The maximum atomic E-state index is 6.54. The predicted molar refractivity (Wildman–Crippen MR) is 177 cm³/mol. The molecule has 2 aromatic rings. The lowest BCUT2D eigenvalue weighted by Gasteiger charge is -2.50. The zero-order valence-electron chi connectivity index (χ0n) is 27.6. The molecule has 0 aromatic heterocycles. The van der Waals surface area contributed by atoms with Crippen LogP contribution in [-0.4, -0.2) is 39.4 Å². The Labute approximate surface area is 255 Å². The van der Waals surface area contributed by atoms with Crippen LogP contribution in [0.25, 0.3) is 0 Å². The van der Waals surface area contributed by atoms with Crippen molar-refractivity contribution in [3.63, 3.8) is 0 Å². The average molecular weight is 571 g/mol. The van der Waals surface area contributed by atoms with Crippen LogP contribution in [0.5, 0.6) is 0 Å². The van der Waals surface area contributed by atoms with E-state index in [0.29, 0.717) is 23.7 Å². The van der Waals surface area contributed by atoms with Crippen LogP contribution in [0.15, 0.2) is 72.3 Å². The highest BCUT2D eigenvalue weighted by molar-refractivity contribution is 5.47. The van der Waals surface area contributed by atoms with Gasteiger partial charge in [-0.3, -0.25) is 0 Å². The first kappa shape index (κ1) is 30.9. The van der Waals surface area contributed by atoms with E-state index in [9.17, 15) is 0 Å². The van der Waals surface area contributed by atoms with Gasteiger partial charge in [-0.2, -0.15) is 0 Å². The molecule has 4 nitrogen and oxygen atoms in total. The Morgan fingerprint density at radius 1 is 0.690 bits per heavy atom. The van der Waals surface area contributed by atoms with Crippen LogP contribution < -0.4 is 9.80 Å². The van der Waals surface area contributed by atoms with Crippen molar-refractivity contribution >= 4 is 11.4 Å². The van der Waals surface area contributed by atoms with Gasteiger partial charge < -0.3 is 19.3 Å². The number of nitrogens with zero attached hydrogens (tertiary/aromatic N) is 2. The van der Waals surface area contributed by atoms with Crippen molar-refractivity contribution in [1.29, 1.82) is 0 Å². The summed E-state index contributed by atoms with van der Waals surface area (Å²) in [7, 11) is 8.30. The first-order valence-electron chi connectivity index (χ1n) is 16.0. The van der Waals surface area contributed by atoms with Gasteiger partial charge in [-0.05, 0) is 114 Å². The maximum absolute atomic E-state index is 6.54. The molecule has 2 unspecified atom stereocenters. The van der Waals surface area contributed by atoms with Crippen molar-refractivity contribution in [3.8, 4) is 0 Å². The van der Waals surface area contributed by atoms with Gasteiger partial charge >= 0.3 is 0 Å². The topological polar surface area (TPSA) is 24.9 Å². The Morgan fingerprint density at radius 3 is 1.64 bits per heavy atom. The fraction of sp³-hybridized carbons (Fsp3) is 0.579. The number of hydrogen-bond acceptors (Lipinski definition) is 4. The lowest BCUT2D eigenvalue weighted by Crippen LogP contribution is -2.46. The van der Waals surface area contributed by atoms with Crippen molar-refractivity contribution < 1.29 is 9.47 Å². The van der Waals surface area contributed by atoms with E-state index < -0.39 is 0 Å². The van der Waals surface area contributed by atoms with Crippen molar-refractivity contribution in [1.82, 2.24) is 0 Å². The van der Waals surface area contributed by atoms with Gasteiger partial charge in [-0.1, -0.05) is 48.1 Å². The molecule has 228 valence electrons. The van der Waals surface area contributed by atoms with Gasteiger partial charge in [0.25, 0.3) is 0 Å². The molecule has 0 spiro atoms. The summed E-state index contributed by atoms with van der Waals surface area (Å²) in [6, 6.07) is 17.7. The van der Waals surface area contributed by atoms with E-state index in [1.807, 2.05) is 0 Å². The lowest BCUT2D eigenvalue weighted by atomic mass is 9.67. The molecule has 2 heterocycles. The minimum Gasteiger partial charge on any atom is -0.378 e. The first-order chi connectivity index (χ1) is 19.8. The molecule has 2 aliphatic heterocycles. The van der Waals surface area contributed by atoms with Crippen molar-refractivity contribution in [2.45, 2.75) is 90.1 Å². The number of benzene rings is 2. The molecular formula is C38H54N2O2. The number of hydrogen-bond donors (Lipinski definition) is 0. The van der Waals surface area contributed by atoms with Crippen molar-refractivity contribution in [2.24, 2.45) is 23.7 Å². The third-order valence-corrected chi connectivity index (χ3v) is 10.8. The molecule has 6 rings (SSSR count). The summed E-state index contributed by atoms with van der Waals surface area (Å²) in [5.74, 6) is 2.36. The lowest BCUT2D eigenvalue weighted by molar-refractivity contribution is -0.173. The minimum atomic E-state index is -0.0292. The summed E-state index contributed by atoms with van der Waals surface area (Å²) in [5, 5.41) is 0. The Morgan fingerprint density at radius 2 is 1.14 bits per heavy atom. The number of fused-ring (bicyclic) bond motifs is 4. The molecular weight excluding hydrogens is 516 g/mol. The van der Waals surface area contributed by atoms with Crippen LogP contribution in [0.1, 0.15) is 90.1 Å². The summed E-state index contributed by atoms with van der Waals surface area (Å²) < 4.78 is 13.1. The SMILES string of the molecule is C=C1CC[C@@H]2C[C@@H]1C(c1ccc(N(C)C)cc1)OC2(C)C.CC1=CC[C@@H]2C[C@@H]1C(c1ccc(N(C)C)cc1)OC2(C)C. The van der Waals surface area contributed by atoms with Crippen LogP contribution in [0, 0.1) is 23.7 Å². The molecule has 0 amide bonds. The predicted octanol–water partition coefficient (Wildman–Crippen LogP) is 9.15. The molecule has 4 bridgehead atoms. The third kappa shape index (κ3) is 6.21. The largest absolute Gasteiger partial charge is 0.378 e. The second-order valence-electron chi connectivity index (χ2n) is 14.7. The monoisotopic (exact) mass is 570 g/mol. The normalized spacial score (nSPS) is 30.9. The first-order valence-corrected chi connectivity index (χ1v) is 16.0. The van der Waals surface area contributed by atoms with Gasteiger partial charge in [-0.25, -0.2) is 0 Å². The number of allylic oxidation sites excluding steroid dienone is 1. The van der Waals surface area contributed by atoms with Gasteiger partial charge in [-0.15, -0.1) is 0 Å². The van der Waals surface area contributed by atoms with Gasteiger partial charge in [0.1, 0.15) is 0 Å². The summed E-state index contributed by atoms with van der Waals surface area (Å²) in [6.07, 6.45) is 8.85. The number of rotatable bonds is 4. The molecule has 2 aromatic carbocycles. The van der Waals surface area contributed by atoms with E-state index in [0.717, 1.165) is 6.42 Å². The number of anilines is 2. The second-order valence-corrected chi connectivity index (χ2v) is 14.7. The summed E-state index contributed by atoms with van der Waals surface area (Å²) >= 11 is 0. The molecule has 0 radical (unpaired) electrons. The van der Waals surface area contributed by atoms with E-state index in [1.165, 1.54) is 59.3 Å². The highest BCUT2D eigenvalue weighted by Crippen LogP contribution is 2.53. The van der Waals surface area contributed by atoms with Crippen LogP contribution in [0.2, 0.25) is 0 Å². The Bertz CT molecular complexity index is 1270. The van der Waals surface area contributed by atoms with E-state index in [-0.39, 0.29) is 23.4 Å². The van der Waals surface area contributed by atoms with Crippen LogP contribution in [0.4, 0.5) is 11.4 Å². The Kier molecular flexibility index (Phi) is 8.71. The Hall–Kier alpha value is -2.56. The number of ether oxygens (including phenoxy) is 2. The molecule has 0 N–H and O–H groups in total. The van der Waals surface area contributed by atoms with E-state index in [1.54, 1.807) is 0 Å².